The molecule has 0 heterocycles. The first-order chi connectivity index (χ1) is 13.4. The summed E-state index contributed by atoms with van der Waals surface area (Å²) in [4.78, 5) is 24.4. The average Bonchev–Trinajstić information content (AvgIpc) is 2.64. The fraction of sp³-hybridized carbons (Fsp3) is 0.364. The minimum absolute atomic E-state index is 0.0428. The van der Waals surface area contributed by atoms with E-state index in [0.29, 0.717) is 5.69 Å². The van der Waals surface area contributed by atoms with E-state index in [4.69, 9.17) is 0 Å². The second-order valence-corrected chi connectivity index (χ2v) is 8.74. The van der Waals surface area contributed by atoms with Gasteiger partial charge in [-0.25, -0.2) is 0 Å². The maximum Gasteiger partial charge on any atom is 0.237 e. The number of hydrogen-bond donors (Lipinski definition) is 2. The van der Waals surface area contributed by atoms with E-state index in [1.165, 1.54) is 5.56 Å². The Labute approximate surface area is 168 Å². The van der Waals surface area contributed by atoms with Crippen LogP contribution in [0.1, 0.15) is 41.1 Å². The summed E-state index contributed by atoms with van der Waals surface area (Å²) in [6, 6.07) is 13.7. The number of carbonyl (C=O) groups is 2. The maximum atomic E-state index is 12.3. The Hall–Kier alpha value is -2.47. The highest BCUT2D eigenvalue weighted by atomic mass is 32.2. The van der Waals surface area contributed by atoms with Gasteiger partial charge in [0.2, 0.25) is 11.8 Å². The lowest BCUT2D eigenvalue weighted by molar-refractivity contribution is -0.119. The topological polar surface area (TPSA) is 75.3 Å². The highest BCUT2D eigenvalue weighted by Crippen LogP contribution is 2.29. The smallest absolute Gasteiger partial charge is 0.237 e. The van der Waals surface area contributed by atoms with Crippen LogP contribution >= 0.6 is 0 Å². The first kappa shape index (κ1) is 20.3. The van der Waals surface area contributed by atoms with Crippen LogP contribution in [0.4, 0.5) is 5.69 Å². The molecule has 2 atom stereocenters. The molecule has 0 bridgehead atoms. The zero-order valence-electron chi connectivity index (χ0n) is 16.3. The molecule has 2 aromatic rings. The lowest BCUT2D eigenvalue weighted by Crippen LogP contribution is -2.35. The molecule has 1 aliphatic rings. The van der Waals surface area contributed by atoms with Crippen molar-refractivity contribution in [3.05, 3.63) is 64.7 Å². The van der Waals surface area contributed by atoms with Gasteiger partial charge >= 0.3 is 0 Å². The summed E-state index contributed by atoms with van der Waals surface area (Å²) in [6.45, 7) is 3.97. The van der Waals surface area contributed by atoms with Gasteiger partial charge in [-0.2, -0.15) is 0 Å². The SMILES string of the molecule is Cc1ccc(NC(=O)CS(=O)CC(=O)NC2CCCc3ccccc32)cc1C. The van der Waals surface area contributed by atoms with Crippen LogP contribution in [0.15, 0.2) is 42.5 Å². The third kappa shape index (κ3) is 5.29. The average molecular weight is 399 g/mol. The molecule has 6 heteroatoms. The van der Waals surface area contributed by atoms with Crippen molar-refractivity contribution in [3.8, 4) is 0 Å². The number of aryl methyl sites for hydroxylation is 3. The Balaban J connectivity index is 1.50. The Bertz CT molecular complexity index is 910. The van der Waals surface area contributed by atoms with Crippen LogP contribution in [0.5, 0.6) is 0 Å². The zero-order valence-corrected chi connectivity index (χ0v) is 17.1. The Morgan fingerprint density at radius 1 is 1.04 bits per heavy atom. The van der Waals surface area contributed by atoms with Crippen LogP contribution in [0.2, 0.25) is 0 Å². The molecule has 148 valence electrons. The summed E-state index contributed by atoms with van der Waals surface area (Å²) < 4.78 is 12.3. The van der Waals surface area contributed by atoms with E-state index < -0.39 is 10.8 Å². The first-order valence-electron chi connectivity index (χ1n) is 9.51. The van der Waals surface area contributed by atoms with Gasteiger partial charge in [-0.3, -0.25) is 13.8 Å². The molecule has 0 aliphatic heterocycles. The van der Waals surface area contributed by atoms with E-state index in [2.05, 4.69) is 16.7 Å². The highest BCUT2D eigenvalue weighted by molar-refractivity contribution is 7.86. The molecule has 2 amide bonds. The molecule has 28 heavy (non-hydrogen) atoms. The highest BCUT2D eigenvalue weighted by Gasteiger charge is 2.22. The number of hydrogen-bond acceptors (Lipinski definition) is 3. The van der Waals surface area contributed by atoms with E-state index in [1.54, 1.807) is 0 Å². The summed E-state index contributed by atoms with van der Waals surface area (Å²) >= 11 is 0. The number of benzene rings is 2. The van der Waals surface area contributed by atoms with Gasteiger partial charge in [0.15, 0.2) is 0 Å². The Morgan fingerprint density at radius 2 is 1.79 bits per heavy atom. The molecule has 0 saturated carbocycles. The molecule has 2 unspecified atom stereocenters. The van der Waals surface area contributed by atoms with Gasteiger partial charge in [-0.05, 0) is 67.5 Å². The van der Waals surface area contributed by atoms with Crippen LogP contribution in [0, 0.1) is 13.8 Å². The fourth-order valence-corrected chi connectivity index (χ4v) is 4.34. The molecule has 0 radical (unpaired) electrons. The lowest BCUT2D eigenvalue weighted by atomic mass is 9.88. The van der Waals surface area contributed by atoms with Crippen molar-refractivity contribution >= 4 is 28.3 Å². The van der Waals surface area contributed by atoms with Crippen molar-refractivity contribution in [1.29, 1.82) is 0 Å². The van der Waals surface area contributed by atoms with Gasteiger partial charge in [0.1, 0.15) is 11.5 Å². The summed E-state index contributed by atoms with van der Waals surface area (Å²) in [7, 11) is -1.55. The normalized spacial score (nSPS) is 16.7. The maximum absolute atomic E-state index is 12.3. The summed E-state index contributed by atoms with van der Waals surface area (Å²) in [6.07, 6.45) is 2.92. The van der Waals surface area contributed by atoms with Crippen LogP contribution in [-0.4, -0.2) is 27.5 Å². The number of nitrogens with one attached hydrogen (secondary N) is 2. The minimum Gasteiger partial charge on any atom is -0.348 e. The molecule has 0 spiro atoms. The van der Waals surface area contributed by atoms with E-state index in [0.717, 1.165) is 36.0 Å². The number of rotatable bonds is 6. The zero-order chi connectivity index (χ0) is 20.1. The molecule has 5 nitrogen and oxygen atoms in total. The van der Waals surface area contributed by atoms with E-state index >= 15 is 0 Å². The lowest BCUT2D eigenvalue weighted by Gasteiger charge is -2.26. The van der Waals surface area contributed by atoms with Crippen molar-refractivity contribution in [2.24, 2.45) is 0 Å². The summed E-state index contributed by atoms with van der Waals surface area (Å²) in [5.41, 5.74) is 5.29. The van der Waals surface area contributed by atoms with Gasteiger partial charge in [0.25, 0.3) is 0 Å². The molecule has 1 aliphatic carbocycles. The largest absolute Gasteiger partial charge is 0.348 e. The minimum atomic E-state index is -1.55. The summed E-state index contributed by atoms with van der Waals surface area (Å²) in [5.74, 6) is -0.989. The quantitative estimate of drug-likeness (QED) is 0.785. The van der Waals surface area contributed by atoms with Crippen molar-refractivity contribution in [1.82, 2.24) is 5.32 Å². The molecule has 2 N–H and O–H groups in total. The van der Waals surface area contributed by atoms with E-state index in [9.17, 15) is 13.8 Å². The number of carbonyl (C=O) groups excluding carboxylic acids is 2. The van der Waals surface area contributed by atoms with Crippen molar-refractivity contribution < 1.29 is 13.8 Å². The number of fused-ring (bicyclic) bond motifs is 1. The predicted octanol–water partition coefficient (Wildman–Crippen LogP) is 3.18. The molecule has 0 saturated heterocycles. The second-order valence-electron chi connectivity index (χ2n) is 7.29. The molecular formula is C22H26N2O3S. The van der Waals surface area contributed by atoms with Gasteiger partial charge in [0.05, 0.1) is 6.04 Å². The van der Waals surface area contributed by atoms with Crippen LogP contribution in [-0.2, 0) is 26.8 Å². The van der Waals surface area contributed by atoms with Crippen molar-refractivity contribution in [2.45, 2.75) is 39.2 Å². The van der Waals surface area contributed by atoms with Crippen LogP contribution in [0.3, 0.4) is 0 Å². The third-order valence-electron chi connectivity index (χ3n) is 5.08. The second kappa shape index (κ2) is 9.15. The molecule has 3 rings (SSSR count). The molecule has 0 fully saturated rings. The van der Waals surface area contributed by atoms with Crippen LogP contribution < -0.4 is 10.6 Å². The number of anilines is 1. The van der Waals surface area contributed by atoms with Gasteiger partial charge in [-0.1, -0.05) is 30.3 Å². The first-order valence-corrected chi connectivity index (χ1v) is 11.0. The van der Waals surface area contributed by atoms with E-state index in [-0.39, 0.29) is 29.4 Å². The monoisotopic (exact) mass is 398 g/mol. The van der Waals surface area contributed by atoms with Gasteiger partial charge < -0.3 is 10.6 Å². The third-order valence-corrected chi connectivity index (χ3v) is 6.25. The Kier molecular flexibility index (Phi) is 6.62. The predicted molar refractivity (Wildman–Crippen MR) is 113 cm³/mol. The summed E-state index contributed by atoms with van der Waals surface area (Å²) in [5, 5.41) is 5.72. The number of amides is 2. The van der Waals surface area contributed by atoms with Crippen LogP contribution in [0.25, 0.3) is 0 Å². The molecule has 0 aromatic heterocycles. The Morgan fingerprint density at radius 3 is 2.57 bits per heavy atom. The molecular weight excluding hydrogens is 372 g/mol. The van der Waals surface area contributed by atoms with Crippen molar-refractivity contribution in [2.75, 3.05) is 16.8 Å². The van der Waals surface area contributed by atoms with Gasteiger partial charge in [-0.15, -0.1) is 0 Å². The van der Waals surface area contributed by atoms with E-state index in [1.807, 2.05) is 50.2 Å². The standard InChI is InChI=1S/C22H26N2O3S/c1-15-10-11-18(12-16(15)2)23-21(25)13-28(27)14-22(26)24-20-9-5-7-17-6-3-4-8-19(17)20/h3-4,6,8,10-12,20H,5,7,9,13-14H2,1-2H3,(H,23,25)(H,24,26). The van der Waals surface area contributed by atoms with Crippen molar-refractivity contribution in [3.63, 3.8) is 0 Å². The molecule has 2 aromatic carbocycles. The van der Waals surface area contributed by atoms with Gasteiger partial charge in [0, 0.05) is 16.5 Å². The fourth-order valence-electron chi connectivity index (χ4n) is 3.50.